The largest absolute Gasteiger partial charge is 0.326 e. The van der Waals surface area contributed by atoms with Gasteiger partial charge in [0.25, 0.3) is 0 Å². The Hall–Kier alpha value is -1.44. The molecule has 1 aromatic carbocycles. The summed E-state index contributed by atoms with van der Waals surface area (Å²) in [5, 5.41) is 6.33. The Morgan fingerprint density at radius 2 is 1.88 bits per heavy atom. The predicted molar refractivity (Wildman–Crippen MR) is 98.1 cm³/mol. The molecule has 2 N–H and O–H groups in total. The van der Waals surface area contributed by atoms with Crippen molar-refractivity contribution in [3.05, 3.63) is 23.3 Å². The number of benzene rings is 1. The molecule has 7 heteroatoms. The molecule has 0 bridgehead atoms. The van der Waals surface area contributed by atoms with Crippen LogP contribution in [0.2, 0.25) is 0 Å². The van der Waals surface area contributed by atoms with E-state index in [-0.39, 0.29) is 22.1 Å². The van der Waals surface area contributed by atoms with Gasteiger partial charge in [-0.3, -0.25) is 4.79 Å². The summed E-state index contributed by atoms with van der Waals surface area (Å²) in [5.41, 5.74) is 2.52. The highest BCUT2D eigenvalue weighted by atomic mass is 32.2. The number of hydrogen-bond donors (Lipinski definition) is 2. The Balaban J connectivity index is 1.83. The molecule has 1 aliphatic heterocycles. The lowest BCUT2D eigenvalue weighted by molar-refractivity contribution is -0.118. The van der Waals surface area contributed by atoms with Gasteiger partial charge in [-0.05, 0) is 74.9 Å². The first-order chi connectivity index (χ1) is 11.7. The fourth-order valence-corrected chi connectivity index (χ4v) is 4.75. The number of hydrogen-bond acceptors (Lipinski definition) is 4. The summed E-state index contributed by atoms with van der Waals surface area (Å²) in [6.45, 7) is 5.71. The lowest BCUT2D eigenvalue weighted by Crippen LogP contribution is -2.31. The second-order valence-electron chi connectivity index (χ2n) is 7.56. The summed E-state index contributed by atoms with van der Waals surface area (Å²) in [4.78, 5) is 12.9. The number of piperidine rings is 1. The van der Waals surface area contributed by atoms with Crippen molar-refractivity contribution in [1.29, 1.82) is 0 Å². The molecule has 25 heavy (non-hydrogen) atoms. The zero-order chi connectivity index (χ0) is 18.4. The predicted octanol–water partition coefficient (Wildman–Crippen LogP) is 1.88. The number of carbonyl (C=O) groups is 1. The number of nitrogens with zero attached hydrogens (tertiary/aromatic N) is 1. The summed E-state index contributed by atoms with van der Waals surface area (Å²) in [7, 11) is -0.517. The number of anilines is 1. The summed E-state index contributed by atoms with van der Waals surface area (Å²) in [6, 6.07) is 3.23. The van der Waals surface area contributed by atoms with Gasteiger partial charge in [-0.1, -0.05) is 0 Å². The highest BCUT2D eigenvalue weighted by Gasteiger charge is 2.57. The van der Waals surface area contributed by atoms with Crippen molar-refractivity contribution >= 4 is 21.6 Å². The molecular formula is C18H27N3O3S. The van der Waals surface area contributed by atoms with Gasteiger partial charge in [-0.2, -0.15) is 0 Å². The van der Waals surface area contributed by atoms with Crippen LogP contribution in [0.5, 0.6) is 0 Å². The minimum atomic E-state index is -3.53. The number of carbonyl (C=O) groups excluding carboxylic acids is 1. The van der Waals surface area contributed by atoms with Gasteiger partial charge in [0.05, 0.1) is 4.90 Å². The monoisotopic (exact) mass is 365 g/mol. The topological polar surface area (TPSA) is 78.5 Å². The Kier molecular flexibility index (Phi) is 4.68. The van der Waals surface area contributed by atoms with Gasteiger partial charge in [-0.25, -0.2) is 12.7 Å². The maximum Gasteiger partial charge on any atom is 0.242 e. The van der Waals surface area contributed by atoms with E-state index in [0.717, 1.165) is 43.5 Å². The molecule has 1 saturated heterocycles. The van der Waals surface area contributed by atoms with E-state index in [1.807, 2.05) is 13.8 Å². The fourth-order valence-electron chi connectivity index (χ4n) is 3.73. The Bertz CT molecular complexity index is 796. The van der Waals surface area contributed by atoms with Gasteiger partial charge >= 0.3 is 0 Å². The van der Waals surface area contributed by atoms with Gasteiger partial charge in [-0.15, -0.1) is 0 Å². The zero-order valence-electron chi connectivity index (χ0n) is 15.3. The van der Waals surface area contributed by atoms with Gasteiger partial charge in [0.15, 0.2) is 0 Å². The van der Waals surface area contributed by atoms with E-state index in [9.17, 15) is 13.2 Å². The molecule has 1 spiro atoms. The molecule has 0 radical (unpaired) electrons. The number of amides is 1. The van der Waals surface area contributed by atoms with Crippen LogP contribution in [0.3, 0.4) is 0 Å². The van der Waals surface area contributed by atoms with Crippen LogP contribution in [-0.2, 0) is 14.8 Å². The normalized spacial score (nSPS) is 22.2. The van der Waals surface area contributed by atoms with E-state index in [0.29, 0.717) is 5.69 Å². The van der Waals surface area contributed by atoms with Crippen LogP contribution >= 0.6 is 0 Å². The van der Waals surface area contributed by atoms with Crippen molar-refractivity contribution < 1.29 is 13.2 Å². The fraction of sp³-hybridized carbons (Fsp3) is 0.611. The average molecular weight is 365 g/mol. The van der Waals surface area contributed by atoms with Crippen molar-refractivity contribution in [2.45, 2.75) is 38.0 Å². The highest BCUT2D eigenvalue weighted by Crippen LogP contribution is 2.58. The van der Waals surface area contributed by atoms with E-state index in [2.05, 4.69) is 10.6 Å². The molecule has 1 aromatic rings. The second kappa shape index (κ2) is 6.37. The third-order valence-electron chi connectivity index (χ3n) is 5.78. The standard InChI is InChI=1S/C18H27N3O3S/c1-12-9-14(25(23,24)21(3)4)10-16(13(12)2)20-17(22)15-11-18(15)5-7-19-8-6-18/h9-10,15,19H,5-8,11H2,1-4H3,(H,20,22). The number of nitrogens with one attached hydrogen (secondary N) is 2. The molecule has 6 nitrogen and oxygen atoms in total. The summed E-state index contributed by atoms with van der Waals surface area (Å²) >= 11 is 0. The van der Waals surface area contributed by atoms with Crippen molar-refractivity contribution in [3.63, 3.8) is 0 Å². The Morgan fingerprint density at radius 1 is 1.24 bits per heavy atom. The van der Waals surface area contributed by atoms with Crippen LogP contribution in [-0.4, -0.2) is 45.8 Å². The van der Waals surface area contributed by atoms with Crippen LogP contribution < -0.4 is 10.6 Å². The van der Waals surface area contributed by atoms with Crippen LogP contribution in [0.1, 0.15) is 30.4 Å². The molecule has 2 fully saturated rings. The zero-order valence-corrected chi connectivity index (χ0v) is 16.2. The van der Waals surface area contributed by atoms with E-state index in [4.69, 9.17) is 0 Å². The van der Waals surface area contributed by atoms with Crippen molar-refractivity contribution in [1.82, 2.24) is 9.62 Å². The molecular weight excluding hydrogens is 338 g/mol. The maximum atomic E-state index is 12.7. The molecule has 1 aliphatic carbocycles. The number of sulfonamides is 1. The lowest BCUT2D eigenvalue weighted by Gasteiger charge is -2.23. The minimum absolute atomic E-state index is 0.0174. The molecule has 138 valence electrons. The lowest BCUT2D eigenvalue weighted by atomic mass is 9.91. The quantitative estimate of drug-likeness (QED) is 0.854. The van der Waals surface area contributed by atoms with Gasteiger partial charge in [0, 0.05) is 25.7 Å². The number of rotatable bonds is 4. The summed E-state index contributed by atoms with van der Waals surface area (Å²) in [5.74, 6) is 0.0622. The summed E-state index contributed by atoms with van der Waals surface area (Å²) < 4.78 is 26.0. The molecule has 1 amide bonds. The van der Waals surface area contributed by atoms with Gasteiger partial charge in [0.1, 0.15) is 0 Å². The molecule has 1 saturated carbocycles. The third kappa shape index (κ3) is 3.32. The summed E-state index contributed by atoms with van der Waals surface area (Å²) in [6.07, 6.45) is 3.02. The smallest absolute Gasteiger partial charge is 0.242 e. The van der Waals surface area contributed by atoms with Crippen molar-refractivity contribution in [2.75, 3.05) is 32.5 Å². The SMILES string of the molecule is Cc1cc(S(=O)(=O)N(C)C)cc(NC(=O)C2CC23CCNCC3)c1C. The first-order valence-electron chi connectivity index (χ1n) is 8.73. The second-order valence-corrected chi connectivity index (χ2v) is 9.71. The molecule has 2 aliphatic rings. The minimum Gasteiger partial charge on any atom is -0.326 e. The van der Waals surface area contributed by atoms with Crippen LogP contribution in [0.15, 0.2) is 17.0 Å². The molecule has 0 aromatic heterocycles. The molecule has 3 rings (SSSR count). The molecule has 1 atom stereocenters. The van der Waals surface area contributed by atoms with E-state index in [1.165, 1.54) is 18.4 Å². The van der Waals surface area contributed by atoms with Crippen LogP contribution in [0, 0.1) is 25.2 Å². The first-order valence-corrected chi connectivity index (χ1v) is 10.2. The maximum absolute atomic E-state index is 12.7. The highest BCUT2D eigenvalue weighted by molar-refractivity contribution is 7.89. The Morgan fingerprint density at radius 3 is 2.48 bits per heavy atom. The third-order valence-corrected chi connectivity index (χ3v) is 7.58. The average Bonchev–Trinajstić information content (AvgIpc) is 3.25. The van der Waals surface area contributed by atoms with Gasteiger partial charge < -0.3 is 10.6 Å². The van der Waals surface area contributed by atoms with Gasteiger partial charge in [0.2, 0.25) is 15.9 Å². The van der Waals surface area contributed by atoms with Crippen LogP contribution in [0.25, 0.3) is 0 Å². The van der Waals surface area contributed by atoms with E-state index in [1.54, 1.807) is 12.1 Å². The van der Waals surface area contributed by atoms with Crippen molar-refractivity contribution in [3.8, 4) is 0 Å². The molecule has 1 unspecified atom stereocenters. The first kappa shape index (κ1) is 18.4. The van der Waals surface area contributed by atoms with Crippen molar-refractivity contribution in [2.24, 2.45) is 11.3 Å². The van der Waals surface area contributed by atoms with E-state index < -0.39 is 10.0 Å². The van der Waals surface area contributed by atoms with E-state index >= 15 is 0 Å². The van der Waals surface area contributed by atoms with Crippen LogP contribution in [0.4, 0.5) is 5.69 Å². The Labute approximate surface area is 150 Å². The molecule has 1 heterocycles. The number of aryl methyl sites for hydroxylation is 1.